The number of nitrogens with zero attached hydrogens (tertiary/aromatic N) is 2. The molecule has 3 rings (SSSR count). The van der Waals surface area contributed by atoms with Crippen LogP contribution in [0.25, 0.3) is 0 Å². The van der Waals surface area contributed by atoms with Crippen LogP contribution in [0.5, 0.6) is 5.75 Å². The number of methoxy groups -OCH3 is 1. The van der Waals surface area contributed by atoms with Gasteiger partial charge >= 0.3 is 5.97 Å². The van der Waals surface area contributed by atoms with Crippen LogP contribution in [-0.2, 0) is 10.0 Å². The van der Waals surface area contributed by atoms with Crippen molar-refractivity contribution >= 4 is 39.3 Å². The van der Waals surface area contributed by atoms with E-state index in [1.807, 2.05) is 0 Å². The molecule has 0 amide bonds. The number of hydrazone groups is 1. The van der Waals surface area contributed by atoms with Gasteiger partial charge in [0.25, 0.3) is 15.7 Å². The van der Waals surface area contributed by atoms with Crippen LogP contribution in [0.3, 0.4) is 0 Å². The molecule has 0 aliphatic carbocycles. The molecular formula is C21H18N4O7S. The summed E-state index contributed by atoms with van der Waals surface area (Å²) < 4.78 is 32.7. The summed E-state index contributed by atoms with van der Waals surface area (Å²) >= 11 is 0. The minimum absolute atomic E-state index is 0.0379. The number of benzene rings is 3. The van der Waals surface area contributed by atoms with E-state index < -0.39 is 31.5 Å². The Bertz CT molecular complexity index is 1340. The second-order valence-corrected chi connectivity index (χ2v) is 8.22. The summed E-state index contributed by atoms with van der Waals surface area (Å²) in [7, 11) is -2.79. The number of nitro groups is 1. The first-order valence-corrected chi connectivity index (χ1v) is 10.8. The van der Waals surface area contributed by atoms with Gasteiger partial charge in [-0.3, -0.25) is 20.3 Å². The van der Waals surface area contributed by atoms with E-state index in [2.05, 4.69) is 15.2 Å². The fourth-order valence-electron chi connectivity index (χ4n) is 2.78. The van der Waals surface area contributed by atoms with E-state index in [0.29, 0.717) is 11.3 Å². The number of hydrogen-bond donors (Lipinski definition) is 3. The van der Waals surface area contributed by atoms with E-state index in [4.69, 9.17) is 4.74 Å². The Kier molecular flexibility index (Phi) is 6.88. The third-order valence-corrected chi connectivity index (χ3v) is 5.73. The zero-order valence-electron chi connectivity index (χ0n) is 17.1. The van der Waals surface area contributed by atoms with Gasteiger partial charge in [-0.15, -0.1) is 0 Å². The van der Waals surface area contributed by atoms with Gasteiger partial charge in [-0.05, 0) is 42.0 Å². The zero-order valence-corrected chi connectivity index (χ0v) is 17.9. The van der Waals surface area contributed by atoms with Crippen LogP contribution in [0.2, 0.25) is 0 Å². The minimum Gasteiger partial charge on any atom is -0.497 e. The van der Waals surface area contributed by atoms with Crippen molar-refractivity contribution in [3.05, 3.63) is 88.0 Å². The molecule has 3 N–H and O–H groups in total. The number of sulfonamides is 1. The molecular weight excluding hydrogens is 452 g/mol. The van der Waals surface area contributed by atoms with Crippen LogP contribution >= 0.6 is 0 Å². The van der Waals surface area contributed by atoms with E-state index in [9.17, 15) is 28.4 Å². The van der Waals surface area contributed by atoms with Crippen molar-refractivity contribution in [1.82, 2.24) is 0 Å². The summed E-state index contributed by atoms with van der Waals surface area (Å²) in [6.45, 7) is 0. The first-order valence-electron chi connectivity index (χ1n) is 9.28. The number of hydrogen-bond acceptors (Lipinski definition) is 8. The highest BCUT2D eigenvalue weighted by molar-refractivity contribution is 7.92. The van der Waals surface area contributed by atoms with Crippen molar-refractivity contribution in [3.63, 3.8) is 0 Å². The molecule has 12 heteroatoms. The van der Waals surface area contributed by atoms with E-state index in [1.54, 1.807) is 24.3 Å². The van der Waals surface area contributed by atoms with Crippen LogP contribution in [-0.4, -0.2) is 37.7 Å². The molecule has 0 atom stereocenters. The van der Waals surface area contributed by atoms with E-state index in [1.165, 1.54) is 43.7 Å². The second-order valence-electron chi connectivity index (χ2n) is 6.54. The number of rotatable bonds is 9. The Hall–Kier alpha value is -4.45. The molecule has 170 valence electrons. The largest absolute Gasteiger partial charge is 0.497 e. The van der Waals surface area contributed by atoms with Crippen LogP contribution in [0.1, 0.15) is 15.9 Å². The maximum atomic E-state index is 12.7. The van der Waals surface area contributed by atoms with Gasteiger partial charge in [0.1, 0.15) is 11.4 Å². The summed E-state index contributed by atoms with van der Waals surface area (Å²) in [5, 5.41) is 24.7. The van der Waals surface area contributed by atoms with Crippen LogP contribution < -0.4 is 14.9 Å². The Labute approximate surface area is 188 Å². The molecule has 0 aromatic heterocycles. The summed E-state index contributed by atoms with van der Waals surface area (Å²) in [6, 6.07) is 15.5. The number of aromatic carboxylic acids is 1. The van der Waals surface area contributed by atoms with Gasteiger partial charge in [-0.25, -0.2) is 13.2 Å². The van der Waals surface area contributed by atoms with Crippen molar-refractivity contribution in [2.45, 2.75) is 4.90 Å². The fraction of sp³-hybridized carbons (Fsp3) is 0.0476. The Balaban J connectivity index is 1.87. The lowest BCUT2D eigenvalue weighted by Crippen LogP contribution is -2.16. The Morgan fingerprint density at radius 2 is 1.85 bits per heavy atom. The standard InChI is InChI=1S/C21H18N4O7S/c1-32-15-6-4-5-14(11-15)13-22-23-19-10-9-16(12-20(19)25(28)29)33(30,31)24-18-8-3-2-7-17(18)21(26)27/h2-13,23-24H,1H3,(H,26,27). The predicted molar refractivity (Wildman–Crippen MR) is 122 cm³/mol. The average Bonchev–Trinajstić information content (AvgIpc) is 2.79. The van der Waals surface area contributed by atoms with Gasteiger partial charge in [0.15, 0.2) is 0 Å². The van der Waals surface area contributed by atoms with Gasteiger partial charge in [0.05, 0.1) is 34.4 Å². The summed E-state index contributed by atoms with van der Waals surface area (Å²) in [4.78, 5) is 21.7. The highest BCUT2D eigenvalue weighted by atomic mass is 32.2. The highest BCUT2D eigenvalue weighted by Gasteiger charge is 2.23. The normalized spacial score (nSPS) is 11.2. The third kappa shape index (κ3) is 5.62. The molecule has 0 aliphatic rings. The summed E-state index contributed by atoms with van der Waals surface area (Å²) in [5.41, 5.74) is 2.19. The number of nitrogens with one attached hydrogen (secondary N) is 2. The molecule has 0 unspecified atom stereocenters. The zero-order chi connectivity index (χ0) is 24.0. The SMILES string of the molecule is COc1cccc(C=NNc2ccc(S(=O)(=O)Nc3ccccc3C(=O)O)cc2[N+](=O)[O-])c1. The van der Waals surface area contributed by atoms with Crippen LogP contribution in [0.4, 0.5) is 17.1 Å². The van der Waals surface area contributed by atoms with E-state index in [0.717, 1.165) is 12.1 Å². The molecule has 0 aliphatic heterocycles. The summed E-state index contributed by atoms with van der Waals surface area (Å²) in [5.74, 6) is -0.718. The molecule has 0 radical (unpaired) electrons. The molecule has 0 bridgehead atoms. The monoisotopic (exact) mass is 470 g/mol. The van der Waals surface area contributed by atoms with Gasteiger partial charge in [0.2, 0.25) is 0 Å². The predicted octanol–water partition coefficient (Wildman–Crippen LogP) is 3.55. The third-order valence-electron chi connectivity index (χ3n) is 4.37. The Morgan fingerprint density at radius 1 is 1.09 bits per heavy atom. The number of para-hydroxylation sites is 1. The van der Waals surface area contributed by atoms with Crippen molar-refractivity contribution in [2.24, 2.45) is 5.10 Å². The summed E-state index contributed by atoms with van der Waals surface area (Å²) in [6.07, 6.45) is 1.42. The molecule has 11 nitrogen and oxygen atoms in total. The number of carbonyl (C=O) groups is 1. The lowest BCUT2D eigenvalue weighted by Gasteiger charge is -2.11. The smallest absolute Gasteiger partial charge is 0.337 e. The lowest BCUT2D eigenvalue weighted by molar-refractivity contribution is -0.384. The first kappa shape index (κ1) is 23.2. The van der Waals surface area contributed by atoms with E-state index >= 15 is 0 Å². The molecule has 3 aromatic rings. The number of ether oxygens (including phenoxy) is 1. The van der Waals surface area contributed by atoms with E-state index in [-0.39, 0.29) is 16.9 Å². The Morgan fingerprint density at radius 3 is 2.55 bits per heavy atom. The van der Waals surface area contributed by atoms with Crippen LogP contribution in [0.15, 0.2) is 76.7 Å². The van der Waals surface area contributed by atoms with Gasteiger partial charge in [-0.1, -0.05) is 24.3 Å². The molecule has 33 heavy (non-hydrogen) atoms. The van der Waals surface area contributed by atoms with Gasteiger partial charge in [-0.2, -0.15) is 5.10 Å². The second kappa shape index (κ2) is 9.78. The topological polar surface area (TPSA) is 160 Å². The first-order chi connectivity index (χ1) is 15.7. The quantitative estimate of drug-likeness (QED) is 0.243. The number of nitro benzene ring substituents is 1. The van der Waals surface area contributed by atoms with Crippen LogP contribution in [0, 0.1) is 10.1 Å². The maximum Gasteiger partial charge on any atom is 0.337 e. The maximum absolute atomic E-state index is 12.7. The molecule has 0 spiro atoms. The lowest BCUT2D eigenvalue weighted by atomic mass is 10.2. The van der Waals surface area contributed by atoms with Crippen molar-refractivity contribution < 1.29 is 28.0 Å². The fourth-order valence-corrected chi connectivity index (χ4v) is 3.88. The number of carboxylic acids is 1. The van der Waals surface area contributed by atoms with Gasteiger partial charge < -0.3 is 9.84 Å². The minimum atomic E-state index is -4.31. The molecule has 3 aromatic carbocycles. The molecule has 0 saturated carbocycles. The molecule has 0 saturated heterocycles. The highest BCUT2D eigenvalue weighted by Crippen LogP contribution is 2.29. The van der Waals surface area contributed by atoms with Crippen molar-refractivity contribution in [1.29, 1.82) is 0 Å². The number of carboxylic acid groups (broad SMARTS) is 1. The van der Waals surface area contributed by atoms with Gasteiger partial charge in [0, 0.05) is 6.07 Å². The number of anilines is 2. The van der Waals surface area contributed by atoms with Crippen molar-refractivity contribution in [2.75, 3.05) is 17.3 Å². The molecule has 0 heterocycles. The van der Waals surface area contributed by atoms with Crippen molar-refractivity contribution in [3.8, 4) is 5.75 Å². The average molecular weight is 470 g/mol. The molecule has 0 fully saturated rings.